The fraction of sp³-hybridized carbons (Fsp3) is 0.320. The van der Waals surface area contributed by atoms with Crippen molar-refractivity contribution in [3.8, 4) is 0 Å². The van der Waals surface area contributed by atoms with Gasteiger partial charge in [0, 0.05) is 43.7 Å². The molecule has 9 nitrogen and oxygen atoms in total. The highest BCUT2D eigenvalue weighted by Gasteiger charge is 2.27. The van der Waals surface area contributed by atoms with Gasteiger partial charge in [0.2, 0.25) is 0 Å². The van der Waals surface area contributed by atoms with Crippen LogP contribution in [0.1, 0.15) is 59.0 Å². The van der Waals surface area contributed by atoms with Crippen LogP contribution in [0.5, 0.6) is 0 Å². The van der Waals surface area contributed by atoms with E-state index in [0.717, 1.165) is 25.7 Å². The van der Waals surface area contributed by atoms with Gasteiger partial charge in [-0.3, -0.25) is 14.6 Å². The Labute approximate surface area is 201 Å². The first kappa shape index (κ1) is 24.1. The molecule has 0 aliphatic heterocycles. The van der Waals surface area contributed by atoms with Gasteiger partial charge in [-0.1, -0.05) is 12.8 Å². The molecular weight excluding hydrogens is 451 g/mol. The molecule has 2 heterocycles. The zero-order valence-electron chi connectivity index (χ0n) is 19.4. The number of hydrogen-bond acceptors (Lipinski definition) is 6. The Morgan fingerprint density at radius 1 is 1.31 bits per heavy atom. The van der Waals surface area contributed by atoms with Crippen molar-refractivity contribution in [2.24, 2.45) is 10.7 Å². The van der Waals surface area contributed by atoms with Crippen LogP contribution in [0, 0.1) is 5.82 Å². The second-order valence-electron chi connectivity index (χ2n) is 8.50. The van der Waals surface area contributed by atoms with Crippen molar-refractivity contribution in [2.45, 2.75) is 44.7 Å². The summed E-state index contributed by atoms with van der Waals surface area (Å²) in [6, 6.07) is 6.05. The second-order valence-corrected chi connectivity index (χ2v) is 8.50. The number of amides is 1. The number of nitrogens with zero attached hydrogens (tertiary/aromatic N) is 4. The Bertz CT molecular complexity index is 1320. The lowest BCUT2D eigenvalue weighted by molar-refractivity contribution is -0.137. The summed E-state index contributed by atoms with van der Waals surface area (Å²) in [4.78, 5) is 37.6. The third-order valence-corrected chi connectivity index (χ3v) is 6.10. The fourth-order valence-corrected chi connectivity index (χ4v) is 4.59. The molecule has 4 N–H and O–H groups in total. The normalized spacial score (nSPS) is 14.7. The number of halogens is 1. The third-order valence-electron chi connectivity index (χ3n) is 6.10. The lowest BCUT2D eigenvalue weighted by Crippen LogP contribution is -2.25. The van der Waals surface area contributed by atoms with Crippen LogP contribution < -0.4 is 11.1 Å². The molecule has 10 heteroatoms. The maximum Gasteiger partial charge on any atom is 0.323 e. The average molecular weight is 479 g/mol. The number of aliphatic imine (C=N–C) groups is 1. The highest BCUT2D eigenvalue weighted by Crippen LogP contribution is 2.35. The van der Waals surface area contributed by atoms with E-state index < -0.39 is 17.7 Å². The quantitative estimate of drug-likeness (QED) is 0.425. The van der Waals surface area contributed by atoms with E-state index in [0.29, 0.717) is 33.6 Å². The summed E-state index contributed by atoms with van der Waals surface area (Å²) >= 11 is 0. The zero-order valence-corrected chi connectivity index (χ0v) is 19.4. The molecule has 35 heavy (non-hydrogen) atoms. The number of nitrogens with one attached hydrogen (secondary N) is 1. The lowest BCUT2D eigenvalue weighted by Gasteiger charge is -2.13. The number of allylic oxidation sites excluding steroid dienone is 1. The lowest BCUT2D eigenvalue weighted by atomic mass is 10.0. The van der Waals surface area contributed by atoms with Gasteiger partial charge in [-0.2, -0.15) is 0 Å². The molecule has 0 radical (unpaired) electrons. The number of nitrogens with two attached hydrogens (primary N) is 1. The number of aromatic nitrogens is 3. The summed E-state index contributed by atoms with van der Waals surface area (Å²) in [5.41, 5.74) is 8.23. The monoisotopic (exact) mass is 478 g/mol. The summed E-state index contributed by atoms with van der Waals surface area (Å²) in [5.74, 6) is -1.17. The predicted octanol–water partition coefficient (Wildman–Crippen LogP) is 3.24. The Hall–Kier alpha value is -4.08. The molecule has 4 rings (SSSR count). The molecule has 2 aromatic heterocycles. The molecule has 0 bridgehead atoms. The van der Waals surface area contributed by atoms with Crippen molar-refractivity contribution in [1.29, 1.82) is 0 Å². The molecule has 1 saturated carbocycles. The van der Waals surface area contributed by atoms with E-state index >= 15 is 0 Å². The van der Waals surface area contributed by atoms with Gasteiger partial charge in [-0.25, -0.2) is 14.4 Å². The molecule has 1 aromatic carbocycles. The summed E-state index contributed by atoms with van der Waals surface area (Å²) < 4.78 is 15.8. The Balaban J connectivity index is 1.65. The van der Waals surface area contributed by atoms with Gasteiger partial charge in [-0.05, 0) is 48.2 Å². The van der Waals surface area contributed by atoms with Crippen LogP contribution in [0.3, 0.4) is 0 Å². The number of pyridine rings is 1. The highest BCUT2D eigenvalue weighted by atomic mass is 19.1. The van der Waals surface area contributed by atoms with E-state index in [1.54, 1.807) is 23.7 Å². The topological polar surface area (TPSA) is 135 Å². The Morgan fingerprint density at radius 3 is 2.77 bits per heavy atom. The zero-order chi connectivity index (χ0) is 24.9. The van der Waals surface area contributed by atoms with Gasteiger partial charge in [0.05, 0.1) is 5.52 Å². The Morgan fingerprint density at radius 2 is 2.09 bits per heavy atom. The predicted molar refractivity (Wildman–Crippen MR) is 131 cm³/mol. The first-order valence-electron chi connectivity index (χ1n) is 11.4. The van der Waals surface area contributed by atoms with Gasteiger partial charge >= 0.3 is 5.97 Å². The first-order valence-corrected chi connectivity index (χ1v) is 11.4. The van der Waals surface area contributed by atoms with Crippen LogP contribution in [-0.2, 0) is 17.9 Å². The SMILES string of the molecule is CN=CC(=CN)c1cc(F)cc(CNC(=O)c2nccc3nc(C4CCCC4)n(CC(=O)O)c23)c1. The fourth-order valence-electron chi connectivity index (χ4n) is 4.59. The molecule has 0 saturated heterocycles. The van der Waals surface area contributed by atoms with E-state index in [-0.39, 0.29) is 24.7 Å². The maximum atomic E-state index is 14.2. The molecule has 182 valence electrons. The van der Waals surface area contributed by atoms with E-state index in [4.69, 9.17) is 5.73 Å². The number of carboxylic acid groups (broad SMARTS) is 1. The van der Waals surface area contributed by atoms with E-state index in [1.165, 1.54) is 30.7 Å². The van der Waals surface area contributed by atoms with Crippen molar-refractivity contribution in [1.82, 2.24) is 19.9 Å². The average Bonchev–Trinajstić information content (AvgIpc) is 3.48. The Kier molecular flexibility index (Phi) is 7.19. The van der Waals surface area contributed by atoms with Crippen LogP contribution in [0.25, 0.3) is 16.6 Å². The third kappa shape index (κ3) is 5.21. The minimum absolute atomic E-state index is 0.0331. The van der Waals surface area contributed by atoms with Crippen LogP contribution in [0.15, 0.2) is 41.7 Å². The molecule has 0 atom stereocenters. The van der Waals surface area contributed by atoms with E-state index in [2.05, 4.69) is 20.3 Å². The smallest absolute Gasteiger partial charge is 0.323 e. The van der Waals surface area contributed by atoms with Gasteiger partial charge in [0.15, 0.2) is 5.69 Å². The van der Waals surface area contributed by atoms with E-state index in [1.807, 2.05) is 0 Å². The number of carbonyl (C=O) groups is 2. The number of aliphatic carboxylic acids is 1. The summed E-state index contributed by atoms with van der Waals surface area (Å²) in [6.07, 6.45) is 8.33. The van der Waals surface area contributed by atoms with Crippen molar-refractivity contribution < 1.29 is 19.1 Å². The van der Waals surface area contributed by atoms with Gasteiger partial charge < -0.3 is 20.7 Å². The summed E-state index contributed by atoms with van der Waals surface area (Å²) in [7, 11) is 1.59. The van der Waals surface area contributed by atoms with Crippen molar-refractivity contribution in [3.05, 3.63) is 65.1 Å². The molecule has 0 unspecified atom stereocenters. The van der Waals surface area contributed by atoms with E-state index in [9.17, 15) is 19.1 Å². The number of carboxylic acids is 1. The van der Waals surface area contributed by atoms with Crippen LogP contribution in [-0.4, -0.2) is 44.8 Å². The second kappa shape index (κ2) is 10.5. The van der Waals surface area contributed by atoms with Crippen LogP contribution >= 0.6 is 0 Å². The van der Waals surface area contributed by atoms with Gasteiger partial charge in [0.25, 0.3) is 5.91 Å². The standard InChI is InChI=1S/C25H27FN6O3/c1-28-13-18(11-27)17-8-15(9-19(26)10-17)12-30-25(35)22-23-20(6-7-29-22)31-24(16-4-2-3-5-16)32(23)14-21(33)34/h6-11,13,16H,2-5,12,14,27H2,1H3,(H,30,35)(H,33,34). The number of imidazole rings is 1. The van der Waals surface area contributed by atoms with Crippen molar-refractivity contribution in [2.75, 3.05) is 7.05 Å². The number of benzene rings is 1. The molecule has 1 fully saturated rings. The molecular formula is C25H27FN6O3. The number of hydrogen-bond donors (Lipinski definition) is 3. The summed E-state index contributed by atoms with van der Waals surface area (Å²) in [6.45, 7) is -0.278. The maximum absolute atomic E-state index is 14.2. The largest absolute Gasteiger partial charge is 0.480 e. The number of carbonyl (C=O) groups excluding carboxylic acids is 1. The number of fused-ring (bicyclic) bond motifs is 1. The van der Waals surface area contributed by atoms with Gasteiger partial charge in [-0.15, -0.1) is 0 Å². The molecule has 1 aliphatic rings. The first-order chi connectivity index (χ1) is 16.9. The van der Waals surface area contributed by atoms with Crippen molar-refractivity contribution in [3.63, 3.8) is 0 Å². The van der Waals surface area contributed by atoms with Crippen LogP contribution in [0.4, 0.5) is 4.39 Å². The van der Waals surface area contributed by atoms with Gasteiger partial charge in [0.1, 0.15) is 23.7 Å². The summed E-state index contributed by atoms with van der Waals surface area (Å²) in [5, 5.41) is 12.3. The molecule has 0 spiro atoms. The van der Waals surface area contributed by atoms with Crippen molar-refractivity contribution >= 4 is 34.7 Å². The molecule has 3 aromatic rings. The minimum Gasteiger partial charge on any atom is -0.480 e. The number of rotatable bonds is 8. The highest BCUT2D eigenvalue weighted by molar-refractivity contribution is 6.09. The minimum atomic E-state index is -1.02. The van der Waals surface area contributed by atoms with Crippen LogP contribution in [0.2, 0.25) is 0 Å². The molecule has 1 aliphatic carbocycles. The molecule has 1 amide bonds.